The Bertz CT molecular complexity index is 338. The van der Waals surface area contributed by atoms with Gasteiger partial charge in [-0.2, -0.15) is 4.98 Å². The Labute approximate surface area is 95.2 Å². The Morgan fingerprint density at radius 2 is 2.19 bits per heavy atom. The summed E-state index contributed by atoms with van der Waals surface area (Å²) in [5.74, 6) is 1.05. The minimum Gasteiger partial charge on any atom is -0.474 e. The molecule has 88 valence electrons. The van der Waals surface area contributed by atoms with Gasteiger partial charge in [0.15, 0.2) is 0 Å². The Morgan fingerprint density at radius 1 is 1.38 bits per heavy atom. The zero-order valence-corrected chi connectivity index (χ0v) is 9.64. The van der Waals surface area contributed by atoms with Gasteiger partial charge in [-0.25, -0.2) is 0 Å². The Hall–Kier alpha value is -1.36. The van der Waals surface area contributed by atoms with Crippen molar-refractivity contribution in [1.29, 1.82) is 0 Å². The highest BCUT2D eigenvalue weighted by atomic mass is 16.5. The lowest BCUT2D eigenvalue weighted by Gasteiger charge is -2.12. The Kier molecular flexibility index (Phi) is 3.56. The van der Waals surface area contributed by atoms with Crippen LogP contribution in [0.2, 0.25) is 0 Å². The fourth-order valence-corrected chi connectivity index (χ4v) is 1.59. The summed E-state index contributed by atoms with van der Waals surface area (Å²) < 4.78 is 11.1. The second-order valence-electron chi connectivity index (χ2n) is 4.09. The zero-order valence-electron chi connectivity index (χ0n) is 9.64. The van der Waals surface area contributed by atoms with E-state index in [4.69, 9.17) is 9.47 Å². The molecule has 0 amide bonds. The predicted octanol–water partition coefficient (Wildman–Crippen LogP) is 1.00. The highest BCUT2D eigenvalue weighted by Crippen LogP contribution is 2.15. The molecule has 0 radical (unpaired) electrons. The average molecular weight is 223 g/mol. The van der Waals surface area contributed by atoms with Gasteiger partial charge in [-0.05, 0) is 26.8 Å². The topological polar surface area (TPSA) is 56.3 Å². The van der Waals surface area contributed by atoms with Crippen molar-refractivity contribution in [3.63, 3.8) is 0 Å². The third kappa shape index (κ3) is 3.06. The maximum atomic E-state index is 5.68. The van der Waals surface area contributed by atoms with Crippen molar-refractivity contribution in [3.05, 3.63) is 12.4 Å². The van der Waals surface area contributed by atoms with E-state index in [2.05, 4.69) is 15.3 Å². The fourth-order valence-electron chi connectivity index (χ4n) is 1.59. The molecule has 2 heterocycles. The van der Waals surface area contributed by atoms with E-state index in [9.17, 15) is 0 Å². The van der Waals surface area contributed by atoms with E-state index in [1.54, 1.807) is 12.4 Å². The van der Waals surface area contributed by atoms with Gasteiger partial charge >= 0.3 is 0 Å². The summed E-state index contributed by atoms with van der Waals surface area (Å²) in [6, 6.07) is 0. The Morgan fingerprint density at radius 3 is 2.88 bits per heavy atom. The van der Waals surface area contributed by atoms with Crippen LogP contribution in [0.25, 0.3) is 0 Å². The van der Waals surface area contributed by atoms with Crippen LogP contribution in [0.1, 0.15) is 20.3 Å². The summed E-state index contributed by atoms with van der Waals surface area (Å²) in [7, 11) is 0. The van der Waals surface area contributed by atoms with Crippen LogP contribution in [0.3, 0.4) is 0 Å². The second kappa shape index (κ2) is 5.12. The first-order valence-electron chi connectivity index (χ1n) is 5.60. The minimum absolute atomic E-state index is 0.0951. The lowest BCUT2D eigenvalue weighted by molar-refractivity contribution is 0.199. The molecule has 0 bridgehead atoms. The van der Waals surface area contributed by atoms with Crippen LogP contribution in [-0.4, -0.2) is 35.3 Å². The van der Waals surface area contributed by atoms with E-state index < -0.39 is 0 Å². The van der Waals surface area contributed by atoms with Gasteiger partial charge in [-0.15, -0.1) is 0 Å². The molecular weight excluding hydrogens is 206 g/mol. The quantitative estimate of drug-likeness (QED) is 0.825. The van der Waals surface area contributed by atoms with E-state index in [1.165, 1.54) is 0 Å². The molecule has 1 aromatic rings. The first-order chi connectivity index (χ1) is 7.74. The van der Waals surface area contributed by atoms with Gasteiger partial charge in [-0.3, -0.25) is 4.98 Å². The molecule has 1 N–H and O–H groups in total. The molecule has 1 atom stereocenters. The van der Waals surface area contributed by atoms with Crippen molar-refractivity contribution in [2.45, 2.75) is 32.5 Å². The molecule has 1 unspecified atom stereocenters. The average Bonchev–Trinajstić information content (AvgIpc) is 2.70. The maximum absolute atomic E-state index is 5.68. The molecule has 1 saturated heterocycles. The van der Waals surface area contributed by atoms with Crippen LogP contribution in [0.4, 0.5) is 0 Å². The minimum atomic E-state index is 0.0951. The molecule has 1 aliphatic rings. The van der Waals surface area contributed by atoms with Crippen LogP contribution >= 0.6 is 0 Å². The van der Waals surface area contributed by atoms with Crippen molar-refractivity contribution in [2.24, 2.45) is 0 Å². The normalized spacial score (nSPS) is 20.1. The third-order valence-electron chi connectivity index (χ3n) is 2.25. The van der Waals surface area contributed by atoms with Gasteiger partial charge in [0.05, 0.1) is 18.5 Å². The fraction of sp³-hybridized carbons (Fsp3) is 0.636. The van der Waals surface area contributed by atoms with Crippen LogP contribution in [-0.2, 0) is 0 Å². The number of rotatable bonds is 4. The van der Waals surface area contributed by atoms with Gasteiger partial charge in [-0.1, -0.05) is 0 Å². The van der Waals surface area contributed by atoms with Crippen LogP contribution in [0, 0.1) is 0 Å². The first-order valence-corrected chi connectivity index (χ1v) is 5.60. The summed E-state index contributed by atoms with van der Waals surface area (Å²) >= 11 is 0. The van der Waals surface area contributed by atoms with E-state index in [-0.39, 0.29) is 12.2 Å². The molecule has 16 heavy (non-hydrogen) atoms. The number of ether oxygens (including phenoxy) is 2. The largest absolute Gasteiger partial charge is 0.474 e. The zero-order chi connectivity index (χ0) is 11.4. The number of aromatic nitrogens is 2. The molecule has 5 heteroatoms. The molecule has 0 saturated carbocycles. The van der Waals surface area contributed by atoms with Crippen molar-refractivity contribution in [1.82, 2.24) is 15.3 Å². The standard InChI is InChI=1S/C11H17N3O2/c1-8(2)15-10-6-13-7-11(14-10)16-9-3-4-12-5-9/h6-9,12H,3-5H2,1-2H3. The third-order valence-corrected chi connectivity index (χ3v) is 2.25. The molecule has 1 aromatic heterocycles. The highest BCUT2D eigenvalue weighted by molar-refractivity contribution is 5.13. The molecule has 0 aromatic carbocycles. The van der Waals surface area contributed by atoms with Gasteiger partial charge in [0.1, 0.15) is 6.10 Å². The number of nitrogens with zero attached hydrogens (tertiary/aromatic N) is 2. The summed E-state index contributed by atoms with van der Waals surface area (Å²) in [6.07, 6.45) is 4.52. The van der Waals surface area contributed by atoms with E-state index in [0.717, 1.165) is 19.5 Å². The molecular formula is C11H17N3O2. The summed E-state index contributed by atoms with van der Waals surface area (Å²) in [4.78, 5) is 8.29. The highest BCUT2D eigenvalue weighted by Gasteiger charge is 2.16. The molecule has 0 spiro atoms. The number of hydrogen-bond donors (Lipinski definition) is 1. The van der Waals surface area contributed by atoms with Gasteiger partial charge in [0.2, 0.25) is 11.8 Å². The number of nitrogens with one attached hydrogen (secondary N) is 1. The van der Waals surface area contributed by atoms with E-state index in [1.807, 2.05) is 13.8 Å². The first kappa shape index (κ1) is 11.1. The molecule has 5 nitrogen and oxygen atoms in total. The lowest BCUT2D eigenvalue weighted by atomic mass is 10.3. The summed E-state index contributed by atoms with van der Waals surface area (Å²) in [5, 5.41) is 3.23. The van der Waals surface area contributed by atoms with E-state index >= 15 is 0 Å². The molecule has 2 rings (SSSR count). The van der Waals surface area contributed by atoms with Crippen LogP contribution in [0.15, 0.2) is 12.4 Å². The molecule has 0 aliphatic carbocycles. The van der Waals surface area contributed by atoms with E-state index in [0.29, 0.717) is 11.8 Å². The smallest absolute Gasteiger partial charge is 0.235 e. The summed E-state index contributed by atoms with van der Waals surface area (Å²) in [5.41, 5.74) is 0. The van der Waals surface area contributed by atoms with Crippen LogP contribution < -0.4 is 14.8 Å². The van der Waals surface area contributed by atoms with Crippen molar-refractivity contribution in [3.8, 4) is 11.8 Å². The second-order valence-corrected chi connectivity index (χ2v) is 4.09. The van der Waals surface area contributed by atoms with Gasteiger partial charge in [0.25, 0.3) is 0 Å². The monoisotopic (exact) mass is 223 g/mol. The Balaban J connectivity index is 1.97. The molecule has 1 aliphatic heterocycles. The predicted molar refractivity (Wildman–Crippen MR) is 59.7 cm³/mol. The van der Waals surface area contributed by atoms with Crippen molar-refractivity contribution >= 4 is 0 Å². The van der Waals surface area contributed by atoms with Crippen molar-refractivity contribution in [2.75, 3.05) is 13.1 Å². The summed E-state index contributed by atoms with van der Waals surface area (Å²) in [6.45, 7) is 5.78. The molecule has 1 fully saturated rings. The van der Waals surface area contributed by atoms with Crippen molar-refractivity contribution < 1.29 is 9.47 Å². The lowest BCUT2D eigenvalue weighted by Crippen LogP contribution is -2.20. The maximum Gasteiger partial charge on any atom is 0.235 e. The van der Waals surface area contributed by atoms with Crippen LogP contribution in [0.5, 0.6) is 11.8 Å². The number of hydrogen-bond acceptors (Lipinski definition) is 5. The van der Waals surface area contributed by atoms with Gasteiger partial charge in [0, 0.05) is 6.54 Å². The SMILES string of the molecule is CC(C)Oc1cncc(OC2CCNC2)n1. The van der Waals surface area contributed by atoms with Gasteiger partial charge < -0.3 is 14.8 Å².